The third-order valence-corrected chi connectivity index (χ3v) is 2.11. The average molecular weight is 145 g/mol. The first-order valence-corrected chi connectivity index (χ1v) is 3.50. The van der Waals surface area contributed by atoms with Gasteiger partial charge in [-0.05, 0) is 12.8 Å². The molecule has 1 atom stereocenters. The van der Waals surface area contributed by atoms with Crippen molar-refractivity contribution in [2.45, 2.75) is 24.6 Å². The van der Waals surface area contributed by atoms with Gasteiger partial charge in [-0.1, -0.05) is 12.2 Å². The molecule has 0 aliphatic heterocycles. The first-order valence-electron chi connectivity index (χ1n) is 3.06. The van der Waals surface area contributed by atoms with Crippen molar-refractivity contribution in [1.82, 2.24) is 0 Å². The Morgan fingerprint density at radius 3 is 2.67 bits per heavy atom. The third-order valence-electron chi connectivity index (χ3n) is 1.56. The van der Waals surface area contributed by atoms with Crippen LogP contribution in [0, 0.1) is 0 Å². The summed E-state index contributed by atoms with van der Waals surface area (Å²) in [5.74, 6) is 0.132. The van der Waals surface area contributed by atoms with E-state index in [1.807, 2.05) is 0 Å². The molecule has 1 saturated carbocycles. The van der Waals surface area contributed by atoms with Gasteiger partial charge in [0, 0.05) is 6.42 Å². The van der Waals surface area contributed by atoms with Crippen molar-refractivity contribution in [3.8, 4) is 0 Å². The normalized spacial score (nSPS) is 28.8. The Bertz CT molecular complexity index is 135. The van der Waals surface area contributed by atoms with Crippen LogP contribution in [0.3, 0.4) is 0 Å². The van der Waals surface area contributed by atoms with Gasteiger partial charge in [-0.3, -0.25) is 4.79 Å². The molecule has 1 aliphatic carbocycles. The Hall–Kier alpha value is -0.300. The van der Waals surface area contributed by atoms with E-state index >= 15 is 0 Å². The zero-order valence-corrected chi connectivity index (χ0v) is 5.95. The lowest BCUT2D eigenvalue weighted by Gasteiger charge is -2.16. The highest BCUT2D eigenvalue weighted by molar-refractivity contribution is 6.33. The maximum atomic E-state index is 10.8. The number of halogens is 1. The summed E-state index contributed by atoms with van der Waals surface area (Å²) in [6.07, 6.45) is 2.48. The minimum absolute atomic E-state index is 0.132. The number of carbonyl (C=O) groups is 1. The molecule has 0 saturated heterocycles. The minimum atomic E-state index is -0.390. The van der Waals surface area contributed by atoms with E-state index in [-0.39, 0.29) is 5.78 Å². The summed E-state index contributed by atoms with van der Waals surface area (Å²) in [5.41, 5.74) is 0.882. The molecule has 50 valence electrons. The van der Waals surface area contributed by atoms with Crippen molar-refractivity contribution in [2.75, 3.05) is 0 Å². The van der Waals surface area contributed by atoms with E-state index < -0.39 is 5.38 Å². The zero-order chi connectivity index (χ0) is 6.85. The van der Waals surface area contributed by atoms with Gasteiger partial charge in [0.25, 0.3) is 0 Å². The van der Waals surface area contributed by atoms with Crippen molar-refractivity contribution in [3.05, 3.63) is 12.2 Å². The fraction of sp³-hybridized carbons (Fsp3) is 0.571. The predicted molar refractivity (Wildman–Crippen MR) is 37.6 cm³/mol. The van der Waals surface area contributed by atoms with Crippen molar-refractivity contribution in [3.63, 3.8) is 0 Å². The lowest BCUT2D eigenvalue weighted by atomic mass is 9.95. The summed E-state index contributed by atoms with van der Waals surface area (Å²) in [6, 6.07) is 0. The molecule has 0 bridgehead atoms. The smallest absolute Gasteiger partial charge is 0.154 e. The number of hydrogen-bond donors (Lipinski definition) is 0. The van der Waals surface area contributed by atoms with Crippen LogP contribution in [0.2, 0.25) is 0 Å². The van der Waals surface area contributed by atoms with Crippen LogP contribution < -0.4 is 0 Å². The summed E-state index contributed by atoms with van der Waals surface area (Å²) in [7, 11) is 0. The molecule has 0 N–H and O–H groups in total. The summed E-state index contributed by atoms with van der Waals surface area (Å²) >= 11 is 5.67. The van der Waals surface area contributed by atoms with E-state index in [1.165, 1.54) is 0 Å². The van der Waals surface area contributed by atoms with Gasteiger partial charge in [0.15, 0.2) is 5.78 Å². The van der Waals surface area contributed by atoms with E-state index in [9.17, 15) is 4.79 Å². The second kappa shape index (κ2) is 2.53. The Morgan fingerprint density at radius 1 is 1.56 bits per heavy atom. The fourth-order valence-corrected chi connectivity index (χ4v) is 1.19. The van der Waals surface area contributed by atoms with Crippen LogP contribution in [-0.2, 0) is 4.79 Å². The van der Waals surface area contributed by atoms with E-state index in [1.54, 1.807) is 0 Å². The molecule has 1 rings (SSSR count). The molecular formula is C7H9ClO. The molecule has 1 unspecified atom stereocenters. The molecule has 0 aromatic carbocycles. The van der Waals surface area contributed by atoms with Gasteiger partial charge in [-0.15, -0.1) is 11.6 Å². The SMILES string of the molecule is C=C1CCCC(=O)C1Cl. The number of alkyl halides is 1. The number of rotatable bonds is 0. The first-order chi connectivity index (χ1) is 4.22. The number of allylic oxidation sites excluding steroid dienone is 1. The van der Waals surface area contributed by atoms with Crippen LogP contribution >= 0.6 is 11.6 Å². The standard InChI is InChI=1S/C7H9ClO/c1-5-3-2-4-6(9)7(5)8/h7H,1-4H2. The summed E-state index contributed by atoms with van der Waals surface area (Å²) < 4.78 is 0. The van der Waals surface area contributed by atoms with Crippen LogP contribution in [0.4, 0.5) is 0 Å². The van der Waals surface area contributed by atoms with Gasteiger partial charge in [-0.25, -0.2) is 0 Å². The van der Waals surface area contributed by atoms with Crippen LogP contribution in [-0.4, -0.2) is 11.2 Å². The maximum Gasteiger partial charge on any atom is 0.154 e. The quantitative estimate of drug-likeness (QED) is 0.375. The maximum absolute atomic E-state index is 10.8. The largest absolute Gasteiger partial charge is 0.298 e. The fourth-order valence-electron chi connectivity index (χ4n) is 0.971. The molecule has 0 spiro atoms. The van der Waals surface area contributed by atoms with Gasteiger partial charge in [0.1, 0.15) is 5.38 Å². The van der Waals surface area contributed by atoms with Crippen molar-refractivity contribution >= 4 is 17.4 Å². The van der Waals surface area contributed by atoms with Crippen LogP contribution in [0.1, 0.15) is 19.3 Å². The van der Waals surface area contributed by atoms with Gasteiger partial charge in [-0.2, -0.15) is 0 Å². The highest BCUT2D eigenvalue weighted by Gasteiger charge is 2.22. The van der Waals surface area contributed by atoms with E-state index in [0.717, 1.165) is 18.4 Å². The Kier molecular flexibility index (Phi) is 1.91. The highest BCUT2D eigenvalue weighted by atomic mass is 35.5. The second-order valence-electron chi connectivity index (χ2n) is 2.34. The van der Waals surface area contributed by atoms with Gasteiger partial charge < -0.3 is 0 Å². The molecule has 0 amide bonds. The molecule has 0 heterocycles. The predicted octanol–water partition coefficient (Wildman–Crippen LogP) is 1.90. The lowest BCUT2D eigenvalue weighted by molar-refractivity contribution is -0.118. The van der Waals surface area contributed by atoms with Gasteiger partial charge >= 0.3 is 0 Å². The second-order valence-corrected chi connectivity index (χ2v) is 2.78. The van der Waals surface area contributed by atoms with E-state index in [2.05, 4.69) is 6.58 Å². The van der Waals surface area contributed by atoms with Crippen LogP contribution in [0.5, 0.6) is 0 Å². The van der Waals surface area contributed by atoms with E-state index in [4.69, 9.17) is 11.6 Å². The van der Waals surface area contributed by atoms with Crippen LogP contribution in [0.15, 0.2) is 12.2 Å². The molecular weight excluding hydrogens is 136 g/mol. The highest BCUT2D eigenvalue weighted by Crippen LogP contribution is 2.23. The molecule has 1 nitrogen and oxygen atoms in total. The molecule has 1 fully saturated rings. The Labute approximate surface area is 59.7 Å². The van der Waals surface area contributed by atoms with Gasteiger partial charge in [0.05, 0.1) is 0 Å². The average Bonchev–Trinajstić information content (AvgIpc) is 1.83. The third kappa shape index (κ3) is 1.33. The molecule has 0 aromatic heterocycles. The monoisotopic (exact) mass is 144 g/mol. The molecule has 2 heteroatoms. The van der Waals surface area contributed by atoms with Gasteiger partial charge in [0.2, 0.25) is 0 Å². The molecule has 9 heavy (non-hydrogen) atoms. The lowest BCUT2D eigenvalue weighted by Crippen LogP contribution is -2.20. The molecule has 0 aromatic rings. The summed E-state index contributed by atoms with van der Waals surface area (Å²) in [5, 5.41) is -0.390. The van der Waals surface area contributed by atoms with Crippen molar-refractivity contribution < 1.29 is 4.79 Å². The number of hydrogen-bond acceptors (Lipinski definition) is 1. The van der Waals surface area contributed by atoms with Crippen molar-refractivity contribution in [2.24, 2.45) is 0 Å². The van der Waals surface area contributed by atoms with Crippen LogP contribution in [0.25, 0.3) is 0 Å². The van der Waals surface area contributed by atoms with E-state index in [0.29, 0.717) is 6.42 Å². The Morgan fingerprint density at radius 2 is 2.22 bits per heavy atom. The zero-order valence-electron chi connectivity index (χ0n) is 5.19. The van der Waals surface area contributed by atoms with Crippen molar-refractivity contribution in [1.29, 1.82) is 0 Å². The topological polar surface area (TPSA) is 17.1 Å². The number of ketones is 1. The molecule has 1 aliphatic rings. The number of Topliss-reactive ketones (excluding diaryl/α,β-unsaturated/α-hetero) is 1. The number of carbonyl (C=O) groups excluding carboxylic acids is 1. The first kappa shape index (κ1) is 6.81. The molecule has 0 radical (unpaired) electrons. The summed E-state index contributed by atoms with van der Waals surface area (Å²) in [6.45, 7) is 3.69. The Balaban J connectivity index is 2.62. The summed E-state index contributed by atoms with van der Waals surface area (Å²) in [4.78, 5) is 10.8. The minimum Gasteiger partial charge on any atom is -0.298 e.